The summed E-state index contributed by atoms with van der Waals surface area (Å²) in [5.41, 5.74) is 4.06. The summed E-state index contributed by atoms with van der Waals surface area (Å²) in [6.45, 7) is 4.16. The van der Waals surface area contributed by atoms with Gasteiger partial charge in [0.25, 0.3) is 0 Å². The monoisotopic (exact) mass is 605 g/mol. The molecular formula is C28H29BrClNO5S. The maximum absolute atomic E-state index is 13.7. The van der Waals surface area contributed by atoms with E-state index < -0.39 is 11.9 Å². The average molecular weight is 607 g/mol. The first-order chi connectivity index (χ1) is 17.7. The van der Waals surface area contributed by atoms with Crippen LogP contribution in [0.5, 0.6) is 11.5 Å². The minimum atomic E-state index is -0.660. The molecule has 1 heterocycles. The van der Waals surface area contributed by atoms with Gasteiger partial charge in [-0.1, -0.05) is 30.7 Å². The average Bonchev–Trinajstić information content (AvgIpc) is 2.87. The normalized spacial score (nSPS) is 19.4. The van der Waals surface area contributed by atoms with Crippen molar-refractivity contribution in [3.63, 3.8) is 0 Å². The first-order valence-corrected chi connectivity index (χ1v) is 14.4. The molecule has 2 atom stereocenters. The highest BCUT2D eigenvalue weighted by Gasteiger charge is 2.42. The van der Waals surface area contributed by atoms with Crippen molar-refractivity contribution in [2.75, 3.05) is 25.2 Å². The predicted molar refractivity (Wildman–Crippen MR) is 150 cm³/mol. The molecule has 0 bridgehead atoms. The first-order valence-electron chi connectivity index (χ1n) is 12.1. The van der Waals surface area contributed by atoms with E-state index in [0.717, 1.165) is 17.0 Å². The number of rotatable bonds is 8. The summed E-state index contributed by atoms with van der Waals surface area (Å²) >= 11 is 11.2. The van der Waals surface area contributed by atoms with Gasteiger partial charge in [-0.15, -0.1) is 0 Å². The number of dihydropyridines is 1. The number of carbonyl (C=O) groups excluding carboxylic acids is 2. The van der Waals surface area contributed by atoms with E-state index in [1.165, 1.54) is 7.11 Å². The van der Waals surface area contributed by atoms with Crippen LogP contribution in [0.4, 0.5) is 0 Å². The van der Waals surface area contributed by atoms with Gasteiger partial charge in [-0.3, -0.25) is 4.79 Å². The number of ketones is 1. The van der Waals surface area contributed by atoms with Gasteiger partial charge < -0.3 is 19.9 Å². The van der Waals surface area contributed by atoms with Gasteiger partial charge in [0.2, 0.25) is 0 Å². The summed E-state index contributed by atoms with van der Waals surface area (Å²) in [5.74, 6) is 0.656. The van der Waals surface area contributed by atoms with Gasteiger partial charge in [0, 0.05) is 40.1 Å². The standard InChI is InChI=1S/C28H29BrClNO5S/c1-4-37-10-9-36-28(34)24-15(2)31-21-12-17(16-5-7-19(30)8-6-16)13-22(32)26(21)25(24)18-11-20(29)27(33)23(14-18)35-3/h5-8,11,14,17,25,31,33H,4,9-10,12-13H2,1-3H3/t17-,25+/m0/s1. The van der Waals surface area contributed by atoms with Crippen molar-refractivity contribution in [3.05, 3.63) is 79.6 Å². The summed E-state index contributed by atoms with van der Waals surface area (Å²) in [7, 11) is 1.46. The molecule has 0 saturated carbocycles. The first kappa shape index (κ1) is 27.6. The number of nitrogens with one attached hydrogen (secondary N) is 1. The second-order valence-corrected chi connectivity index (χ2v) is 11.6. The number of hydrogen-bond donors (Lipinski definition) is 2. The highest BCUT2D eigenvalue weighted by molar-refractivity contribution is 9.10. The summed E-state index contributed by atoms with van der Waals surface area (Å²) in [6.07, 6.45) is 0.923. The SMILES string of the molecule is CCSCCOC(=O)C1=C(C)NC2=C(C(=O)C[C@@H](c3ccc(Cl)cc3)C2)[C@@H]1c1cc(Br)c(O)c(OC)c1. The lowest BCUT2D eigenvalue weighted by atomic mass is 9.71. The van der Waals surface area contributed by atoms with Crippen molar-refractivity contribution in [3.8, 4) is 11.5 Å². The Labute approximate surface area is 234 Å². The van der Waals surface area contributed by atoms with E-state index in [9.17, 15) is 14.7 Å². The van der Waals surface area contributed by atoms with Crippen molar-refractivity contribution in [1.82, 2.24) is 5.32 Å². The van der Waals surface area contributed by atoms with E-state index in [1.807, 2.05) is 31.2 Å². The molecule has 1 aliphatic carbocycles. The number of esters is 1. The molecule has 37 heavy (non-hydrogen) atoms. The maximum Gasteiger partial charge on any atom is 0.336 e. The zero-order valence-electron chi connectivity index (χ0n) is 20.9. The largest absolute Gasteiger partial charge is 0.503 e. The maximum atomic E-state index is 13.7. The van der Waals surface area contributed by atoms with E-state index in [4.69, 9.17) is 21.1 Å². The van der Waals surface area contributed by atoms with Gasteiger partial charge in [0.15, 0.2) is 17.3 Å². The predicted octanol–water partition coefficient (Wildman–Crippen LogP) is 6.47. The van der Waals surface area contributed by atoms with Crippen molar-refractivity contribution >= 4 is 51.0 Å². The number of Topliss-reactive ketones (excluding diaryl/α,β-unsaturated/α-hetero) is 1. The van der Waals surface area contributed by atoms with Gasteiger partial charge in [0.1, 0.15) is 6.61 Å². The van der Waals surface area contributed by atoms with Crippen molar-refractivity contribution in [1.29, 1.82) is 0 Å². The van der Waals surface area contributed by atoms with E-state index in [1.54, 1.807) is 23.9 Å². The van der Waals surface area contributed by atoms with Crippen LogP contribution in [-0.2, 0) is 14.3 Å². The number of halogens is 2. The molecule has 0 aromatic heterocycles. The van der Waals surface area contributed by atoms with Gasteiger partial charge in [0.05, 0.1) is 17.2 Å². The van der Waals surface area contributed by atoms with Crippen molar-refractivity contribution in [2.45, 2.75) is 38.5 Å². The number of thioether (sulfide) groups is 1. The Kier molecular flexibility index (Phi) is 8.93. The molecule has 6 nitrogen and oxygen atoms in total. The minimum absolute atomic E-state index is 0.00914. The van der Waals surface area contributed by atoms with Crippen LogP contribution in [0.2, 0.25) is 5.02 Å². The lowest BCUT2D eigenvalue weighted by Crippen LogP contribution is -2.36. The van der Waals surface area contributed by atoms with Crippen LogP contribution in [-0.4, -0.2) is 42.1 Å². The Balaban J connectivity index is 1.78. The second-order valence-electron chi connectivity index (χ2n) is 8.96. The smallest absolute Gasteiger partial charge is 0.336 e. The molecule has 4 rings (SSSR count). The number of phenols is 1. The van der Waals surface area contributed by atoms with Crippen molar-refractivity contribution in [2.24, 2.45) is 0 Å². The highest BCUT2D eigenvalue weighted by Crippen LogP contribution is 2.48. The van der Waals surface area contributed by atoms with Crippen LogP contribution < -0.4 is 10.1 Å². The van der Waals surface area contributed by atoms with Crippen molar-refractivity contribution < 1.29 is 24.2 Å². The number of aromatic hydroxyl groups is 1. The summed E-state index contributed by atoms with van der Waals surface area (Å²) in [6, 6.07) is 11.0. The van der Waals surface area contributed by atoms with E-state index in [2.05, 4.69) is 28.2 Å². The van der Waals surface area contributed by atoms with Gasteiger partial charge in [-0.2, -0.15) is 11.8 Å². The molecule has 0 fully saturated rings. The number of carbonyl (C=O) groups is 2. The molecule has 0 amide bonds. The van der Waals surface area contributed by atoms with E-state index in [-0.39, 0.29) is 29.8 Å². The van der Waals surface area contributed by atoms with Crippen LogP contribution in [0.3, 0.4) is 0 Å². The van der Waals surface area contributed by atoms with E-state index in [0.29, 0.717) is 50.5 Å². The fourth-order valence-electron chi connectivity index (χ4n) is 4.95. The number of methoxy groups -OCH3 is 1. The molecule has 2 aromatic rings. The van der Waals surface area contributed by atoms with Gasteiger partial charge in [-0.05, 0) is 76.3 Å². The lowest BCUT2D eigenvalue weighted by molar-refractivity contribution is -0.138. The third-order valence-electron chi connectivity index (χ3n) is 6.66. The zero-order chi connectivity index (χ0) is 26.7. The van der Waals surface area contributed by atoms with Crippen LogP contribution in [0.25, 0.3) is 0 Å². The number of allylic oxidation sites excluding steroid dienone is 3. The Morgan fingerprint density at radius 2 is 1.95 bits per heavy atom. The van der Waals surface area contributed by atoms with Crippen LogP contribution in [0.15, 0.2) is 63.4 Å². The fourth-order valence-corrected chi connectivity index (χ4v) is 6.02. The Hall–Kier alpha value is -2.42. The Morgan fingerprint density at radius 1 is 1.22 bits per heavy atom. The molecule has 0 spiro atoms. The number of benzene rings is 2. The number of hydrogen-bond acceptors (Lipinski definition) is 7. The molecule has 9 heteroatoms. The van der Waals surface area contributed by atoms with Crippen LogP contribution in [0.1, 0.15) is 49.7 Å². The summed E-state index contributed by atoms with van der Waals surface area (Å²) < 4.78 is 11.4. The molecule has 2 aromatic carbocycles. The molecule has 2 aliphatic rings. The summed E-state index contributed by atoms with van der Waals surface area (Å²) in [4.78, 5) is 27.1. The van der Waals surface area contributed by atoms with E-state index >= 15 is 0 Å². The zero-order valence-corrected chi connectivity index (χ0v) is 24.1. The highest BCUT2D eigenvalue weighted by atomic mass is 79.9. The lowest BCUT2D eigenvalue weighted by Gasteiger charge is -2.37. The third kappa shape index (κ3) is 5.86. The molecule has 0 unspecified atom stereocenters. The number of phenolic OH excluding ortho intramolecular Hbond substituents is 1. The second kappa shape index (κ2) is 12.0. The molecule has 0 saturated heterocycles. The third-order valence-corrected chi connectivity index (χ3v) is 8.38. The van der Waals surface area contributed by atoms with Crippen LogP contribution >= 0.6 is 39.3 Å². The van der Waals surface area contributed by atoms with Crippen LogP contribution in [0, 0.1) is 0 Å². The molecule has 2 N–H and O–H groups in total. The molecule has 196 valence electrons. The van der Waals surface area contributed by atoms with Gasteiger partial charge >= 0.3 is 5.97 Å². The fraction of sp³-hybridized carbons (Fsp3) is 0.357. The molecular weight excluding hydrogens is 578 g/mol. The summed E-state index contributed by atoms with van der Waals surface area (Å²) in [5, 5.41) is 14.4. The Morgan fingerprint density at radius 3 is 2.62 bits per heavy atom. The number of ether oxygens (including phenoxy) is 2. The minimum Gasteiger partial charge on any atom is -0.503 e. The molecule has 1 aliphatic heterocycles. The Bertz CT molecular complexity index is 1270. The molecule has 0 radical (unpaired) electrons. The topological polar surface area (TPSA) is 84.9 Å². The quantitative estimate of drug-likeness (QED) is 0.263. The van der Waals surface area contributed by atoms with Gasteiger partial charge in [-0.25, -0.2) is 4.79 Å².